The number of aryl methyl sites for hydroxylation is 2. The van der Waals surface area contributed by atoms with Crippen LogP contribution in [0.1, 0.15) is 16.7 Å². The average Bonchev–Trinajstić information content (AvgIpc) is 3.32. The van der Waals surface area contributed by atoms with Gasteiger partial charge >= 0.3 is 5.97 Å². The molecule has 4 rings (SSSR count). The molecule has 32 heavy (non-hydrogen) atoms. The van der Waals surface area contributed by atoms with Crippen molar-refractivity contribution in [2.45, 2.75) is 18.9 Å². The first-order valence-corrected chi connectivity index (χ1v) is 11.0. The van der Waals surface area contributed by atoms with Gasteiger partial charge in [0.15, 0.2) is 0 Å². The molecule has 0 bridgehead atoms. The van der Waals surface area contributed by atoms with E-state index in [2.05, 4.69) is 6.07 Å². The van der Waals surface area contributed by atoms with E-state index in [1.165, 1.54) is 11.8 Å². The minimum Gasteiger partial charge on any atom is -0.464 e. The number of hydrogen-bond acceptors (Lipinski definition) is 6. The largest absolute Gasteiger partial charge is 0.464 e. The van der Waals surface area contributed by atoms with Crippen LogP contribution in [0.3, 0.4) is 0 Å². The topological polar surface area (TPSA) is 76.1 Å². The number of hydrogen-bond donors (Lipinski definition) is 0. The van der Waals surface area contributed by atoms with Crippen LogP contribution in [0.4, 0.5) is 0 Å². The van der Waals surface area contributed by atoms with Crippen LogP contribution in [0.15, 0.2) is 82.4 Å². The fraction of sp³-hybridized carbons (Fsp3) is 0.115. The van der Waals surface area contributed by atoms with Gasteiger partial charge in [0.25, 0.3) is 0 Å². The van der Waals surface area contributed by atoms with Crippen LogP contribution in [0.25, 0.3) is 22.6 Å². The van der Waals surface area contributed by atoms with Crippen LogP contribution in [0.2, 0.25) is 0 Å². The molecule has 158 valence electrons. The van der Waals surface area contributed by atoms with Gasteiger partial charge in [-0.3, -0.25) is 4.79 Å². The molecule has 0 saturated carbocycles. The van der Waals surface area contributed by atoms with Gasteiger partial charge in [0.05, 0.1) is 23.3 Å². The van der Waals surface area contributed by atoms with Crippen molar-refractivity contribution in [2.75, 3.05) is 5.75 Å². The van der Waals surface area contributed by atoms with Crippen molar-refractivity contribution in [3.05, 3.63) is 89.7 Å². The second kappa shape index (κ2) is 9.54. The molecule has 0 aliphatic rings. The third-order valence-electron chi connectivity index (χ3n) is 4.78. The Balaban J connectivity index is 1.66. The SMILES string of the molecule is Cc1ccc(-c2cc(-c3ccco3)c(C#N)c(SCC(=O)Oc3cccc(C)c3)n2)cc1. The van der Waals surface area contributed by atoms with Gasteiger partial charge in [-0.2, -0.15) is 5.26 Å². The van der Waals surface area contributed by atoms with Gasteiger partial charge in [-0.25, -0.2) is 4.98 Å². The Bertz CT molecular complexity index is 1290. The van der Waals surface area contributed by atoms with E-state index in [4.69, 9.17) is 14.1 Å². The van der Waals surface area contributed by atoms with Crippen LogP contribution >= 0.6 is 11.8 Å². The van der Waals surface area contributed by atoms with Crippen molar-refractivity contribution in [3.63, 3.8) is 0 Å². The summed E-state index contributed by atoms with van der Waals surface area (Å²) in [7, 11) is 0. The van der Waals surface area contributed by atoms with Gasteiger partial charge in [0.1, 0.15) is 22.6 Å². The zero-order valence-electron chi connectivity index (χ0n) is 17.7. The number of pyridine rings is 1. The summed E-state index contributed by atoms with van der Waals surface area (Å²) in [5, 5.41) is 10.3. The summed E-state index contributed by atoms with van der Waals surface area (Å²) in [6.07, 6.45) is 1.56. The normalized spacial score (nSPS) is 10.5. The molecular formula is C26H20N2O3S. The number of thioether (sulfide) groups is 1. The lowest BCUT2D eigenvalue weighted by atomic mass is 10.0. The molecule has 2 heterocycles. The van der Waals surface area contributed by atoms with E-state index in [9.17, 15) is 10.1 Å². The first kappa shape index (κ1) is 21.4. The predicted molar refractivity (Wildman–Crippen MR) is 124 cm³/mol. The fourth-order valence-electron chi connectivity index (χ4n) is 3.20. The molecule has 0 unspecified atom stereocenters. The number of esters is 1. The van der Waals surface area contributed by atoms with Crippen LogP contribution in [-0.2, 0) is 4.79 Å². The number of ether oxygens (including phenoxy) is 1. The number of nitrogens with zero attached hydrogens (tertiary/aromatic N) is 2. The molecule has 2 aromatic carbocycles. The molecule has 0 atom stereocenters. The van der Waals surface area contributed by atoms with Crippen molar-refractivity contribution in [1.82, 2.24) is 4.98 Å². The Morgan fingerprint density at radius 1 is 1.06 bits per heavy atom. The Morgan fingerprint density at radius 3 is 2.56 bits per heavy atom. The maximum absolute atomic E-state index is 12.4. The van der Waals surface area contributed by atoms with Crippen LogP contribution in [0, 0.1) is 25.2 Å². The minimum atomic E-state index is -0.411. The molecule has 4 aromatic rings. The molecule has 0 radical (unpaired) electrons. The summed E-state index contributed by atoms with van der Waals surface area (Å²) in [5.74, 6) is 0.673. The first-order chi connectivity index (χ1) is 15.5. The van der Waals surface area contributed by atoms with E-state index in [1.54, 1.807) is 30.5 Å². The van der Waals surface area contributed by atoms with Gasteiger partial charge in [0, 0.05) is 11.1 Å². The highest BCUT2D eigenvalue weighted by Gasteiger charge is 2.19. The number of furan rings is 1. The molecule has 0 saturated heterocycles. The molecule has 0 amide bonds. The summed E-state index contributed by atoms with van der Waals surface area (Å²) in [6, 6.07) is 22.9. The van der Waals surface area contributed by atoms with E-state index in [0.29, 0.717) is 33.4 Å². The lowest BCUT2D eigenvalue weighted by Gasteiger charge is -2.11. The quantitative estimate of drug-likeness (QED) is 0.202. The maximum atomic E-state index is 12.4. The smallest absolute Gasteiger partial charge is 0.321 e. The molecule has 5 nitrogen and oxygen atoms in total. The van der Waals surface area contributed by atoms with Crippen LogP contribution < -0.4 is 4.74 Å². The number of carbonyl (C=O) groups is 1. The van der Waals surface area contributed by atoms with Crippen LogP contribution in [0.5, 0.6) is 5.75 Å². The highest BCUT2D eigenvalue weighted by atomic mass is 32.2. The second-order valence-electron chi connectivity index (χ2n) is 7.27. The number of aromatic nitrogens is 1. The van der Waals surface area contributed by atoms with E-state index in [0.717, 1.165) is 16.7 Å². The highest BCUT2D eigenvalue weighted by Crippen LogP contribution is 2.34. The van der Waals surface area contributed by atoms with E-state index >= 15 is 0 Å². The van der Waals surface area contributed by atoms with Crippen molar-refractivity contribution >= 4 is 17.7 Å². The fourth-order valence-corrected chi connectivity index (χ4v) is 3.98. The van der Waals surface area contributed by atoms with Crippen molar-refractivity contribution in [3.8, 4) is 34.4 Å². The van der Waals surface area contributed by atoms with Gasteiger partial charge in [-0.1, -0.05) is 53.7 Å². The van der Waals surface area contributed by atoms with Gasteiger partial charge in [0.2, 0.25) is 0 Å². The Kier molecular flexibility index (Phi) is 6.39. The monoisotopic (exact) mass is 440 g/mol. The third-order valence-corrected chi connectivity index (χ3v) is 5.73. The minimum absolute atomic E-state index is 0.0184. The molecule has 2 aromatic heterocycles. The number of rotatable bonds is 6. The molecule has 0 spiro atoms. The van der Waals surface area contributed by atoms with Crippen LogP contribution in [-0.4, -0.2) is 16.7 Å². The predicted octanol–water partition coefficient (Wildman–Crippen LogP) is 6.19. The highest BCUT2D eigenvalue weighted by molar-refractivity contribution is 7.99. The standard InChI is InChI=1S/C26H20N2O3S/c1-17-8-10-19(11-9-17)23-14-21(24-7-4-12-30-24)22(15-27)26(28-23)32-16-25(29)31-20-6-3-5-18(2)13-20/h3-14H,16H2,1-2H3. The summed E-state index contributed by atoms with van der Waals surface area (Å²) in [4.78, 5) is 17.1. The van der Waals surface area contributed by atoms with E-state index in [1.807, 2.05) is 56.3 Å². The molecular weight excluding hydrogens is 420 g/mol. The summed E-state index contributed by atoms with van der Waals surface area (Å²) in [6.45, 7) is 3.95. The molecule has 0 fully saturated rings. The van der Waals surface area contributed by atoms with E-state index < -0.39 is 5.97 Å². The maximum Gasteiger partial charge on any atom is 0.321 e. The third kappa shape index (κ3) is 4.90. The summed E-state index contributed by atoms with van der Waals surface area (Å²) < 4.78 is 11.0. The zero-order chi connectivity index (χ0) is 22.5. The van der Waals surface area contributed by atoms with Gasteiger partial charge in [-0.05, 0) is 49.7 Å². The lowest BCUT2D eigenvalue weighted by molar-refractivity contribution is -0.131. The molecule has 6 heteroatoms. The van der Waals surface area contributed by atoms with Crippen molar-refractivity contribution in [2.24, 2.45) is 0 Å². The Labute approximate surface area is 190 Å². The van der Waals surface area contributed by atoms with Gasteiger partial charge in [-0.15, -0.1) is 0 Å². The Hall–Kier alpha value is -3.82. The number of nitriles is 1. The summed E-state index contributed by atoms with van der Waals surface area (Å²) in [5.41, 5.74) is 4.76. The summed E-state index contributed by atoms with van der Waals surface area (Å²) >= 11 is 1.18. The first-order valence-electron chi connectivity index (χ1n) is 9.99. The Morgan fingerprint density at radius 2 is 1.88 bits per heavy atom. The van der Waals surface area contributed by atoms with E-state index in [-0.39, 0.29) is 5.75 Å². The molecule has 0 N–H and O–H groups in total. The average molecular weight is 441 g/mol. The van der Waals surface area contributed by atoms with Gasteiger partial charge < -0.3 is 9.15 Å². The molecule has 0 aliphatic heterocycles. The van der Waals surface area contributed by atoms with Crippen molar-refractivity contribution < 1.29 is 13.9 Å². The second-order valence-corrected chi connectivity index (χ2v) is 8.23. The molecule has 0 aliphatic carbocycles. The zero-order valence-corrected chi connectivity index (χ0v) is 18.5. The number of benzene rings is 2. The number of carbonyl (C=O) groups excluding carboxylic acids is 1. The lowest BCUT2D eigenvalue weighted by Crippen LogP contribution is -2.11. The van der Waals surface area contributed by atoms with Crippen molar-refractivity contribution in [1.29, 1.82) is 5.26 Å².